The Kier molecular flexibility index (Phi) is 9.01. The van der Waals surface area contributed by atoms with Crippen LogP contribution in [0.25, 0.3) is 32.3 Å². The zero-order valence-corrected chi connectivity index (χ0v) is 24.0. The van der Waals surface area contributed by atoms with Crippen molar-refractivity contribution in [2.45, 2.75) is 50.4 Å². The molecule has 1 N–H and O–H groups in total. The third kappa shape index (κ3) is 5.67. The topological polar surface area (TPSA) is 89.9 Å². The molecule has 0 aliphatic rings. The quantitative estimate of drug-likeness (QED) is 0.0789. The number of aliphatic carboxylic acids is 1. The lowest BCUT2D eigenvalue weighted by atomic mass is 9.73. The van der Waals surface area contributed by atoms with Crippen molar-refractivity contribution < 1.29 is 29.0 Å². The number of carboxylic acid groups (broad SMARTS) is 1. The van der Waals surface area contributed by atoms with Crippen LogP contribution < -0.4 is 9.47 Å². The van der Waals surface area contributed by atoms with Crippen molar-refractivity contribution in [3.63, 3.8) is 0 Å². The molecule has 0 heterocycles. The maximum atomic E-state index is 12.7. The van der Waals surface area contributed by atoms with Crippen LogP contribution in [0.2, 0.25) is 0 Å². The van der Waals surface area contributed by atoms with E-state index in [1.807, 2.05) is 0 Å². The zero-order valence-electron chi connectivity index (χ0n) is 24.0. The molecule has 0 saturated carbocycles. The molecular formula is C36H36O6. The fourth-order valence-electron chi connectivity index (χ4n) is 6.64. The highest BCUT2D eigenvalue weighted by atomic mass is 16.5. The van der Waals surface area contributed by atoms with Gasteiger partial charge in [-0.3, -0.25) is 4.79 Å². The molecule has 0 spiro atoms. The summed E-state index contributed by atoms with van der Waals surface area (Å²) in [4.78, 5) is 35.9. The van der Waals surface area contributed by atoms with Crippen LogP contribution in [0.3, 0.4) is 0 Å². The number of ether oxygens (including phenoxy) is 2. The lowest BCUT2D eigenvalue weighted by molar-refractivity contribution is -0.139. The smallest absolute Gasteiger partial charge is 0.311 e. The van der Waals surface area contributed by atoms with E-state index >= 15 is 0 Å². The lowest BCUT2D eigenvalue weighted by Gasteiger charge is -2.30. The van der Waals surface area contributed by atoms with E-state index in [2.05, 4.69) is 54.6 Å². The molecule has 0 radical (unpaired) electrons. The van der Waals surface area contributed by atoms with Crippen molar-refractivity contribution in [3.05, 3.63) is 83.9 Å². The minimum absolute atomic E-state index is 0.0856. The normalized spacial score (nSPS) is 13.7. The first-order valence-electron chi connectivity index (χ1n) is 14.5. The summed E-state index contributed by atoms with van der Waals surface area (Å²) < 4.78 is 10.9. The molecule has 5 aromatic carbocycles. The Morgan fingerprint density at radius 1 is 0.810 bits per heavy atom. The Bertz CT molecular complexity index is 1690. The van der Waals surface area contributed by atoms with Crippen molar-refractivity contribution in [1.29, 1.82) is 0 Å². The molecule has 3 atom stereocenters. The van der Waals surface area contributed by atoms with Crippen molar-refractivity contribution >= 4 is 50.9 Å². The number of methoxy groups -OCH3 is 2. The van der Waals surface area contributed by atoms with Crippen LogP contribution in [0.15, 0.2) is 72.8 Å². The fourth-order valence-corrected chi connectivity index (χ4v) is 6.64. The highest BCUT2D eigenvalue weighted by molar-refractivity contribution is 6.23. The Hall–Kier alpha value is -4.45. The molecule has 0 aromatic heterocycles. The van der Waals surface area contributed by atoms with Gasteiger partial charge in [0.1, 0.15) is 24.1 Å². The van der Waals surface area contributed by atoms with Gasteiger partial charge in [0.15, 0.2) is 0 Å². The van der Waals surface area contributed by atoms with Crippen LogP contribution in [0.1, 0.15) is 61.5 Å². The Labute approximate surface area is 245 Å². The molecule has 0 aliphatic heterocycles. The zero-order chi connectivity index (χ0) is 29.6. The number of carboxylic acids is 1. The molecule has 0 amide bonds. The molecular weight excluding hydrogens is 528 g/mol. The first-order valence-corrected chi connectivity index (χ1v) is 14.5. The molecule has 0 aliphatic carbocycles. The number of aldehydes is 2. The number of carbonyl (C=O) groups is 3. The summed E-state index contributed by atoms with van der Waals surface area (Å²) in [7, 11) is 3.07. The van der Waals surface area contributed by atoms with Crippen molar-refractivity contribution in [2.24, 2.45) is 5.92 Å². The first-order chi connectivity index (χ1) is 20.5. The van der Waals surface area contributed by atoms with Crippen LogP contribution in [-0.2, 0) is 14.4 Å². The summed E-state index contributed by atoms with van der Waals surface area (Å²) in [6.07, 6.45) is 5.08. The van der Waals surface area contributed by atoms with Crippen LogP contribution in [-0.4, -0.2) is 37.9 Å². The van der Waals surface area contributed by atoms with Gasteiger partial charge in [0.25, 0.3) is 0 Å². The maximum absolute atomic E-state index is 12.7. The van der Waals surface area contributed by atoms with E-state index in [0.29, 0.717) is 23.5 Å². The standard InChI is InChI=1S/C36H36O6/c1-41-27-14-17-30(33(22-27)42-2)32(36(39)40)21-26(18-20-38)28(9-4-3-5-19-37)29-15-12-25-11-10-23-7-6-8-24-13-16-31(29)35(25)34(23)24/h6-8,10-17,19-20,22,26,28,32H,3-5,9,18,21H2,1-2H3,(H,39,40). The monoisotopic (exact) mass is 564 g/mol. The Balaban J connectivity index is 1.63. The summed E-state index contributed by atoms with van der Waals surface area (Å²) in [6, 6.07) is 24.4. The van der Waals surface area contributed by atoms with E-state index in [0.717, 1.165) is 48.2 Å². The van der Waals surface area contributed by atoms with E-state index in [-0.39, 0.29) is 24.7 Å². The summed E-state index contributed by atoms with van der Waals surface area (Å²) in [5.41, 5.74) is 1.67. The van der Waals surface area contributed by atoms with Gasteiger partial charge in [-0.05, 0) is 75.0 Å². The Morgan fingerprint density at radius 2 is 1.50 bits per heavy atom. The average molecular weight is 565 g/mol. The van der Waals surface area contributed by atoms with E-state index in [9.17, 15) is 19.5 Å². The molecule has 0 bridgehead atoms. The number of rotatable bonds is 15. The Morgan fingerprint density at radius 3 is 2.17 bits per heavy atom. The second-order valence-corrected chi connectivity index (χ2v) is 11.0. The van der Waals surface area contributed by atoms with Gasteiger partial charge in [-0.15, -0.1) is 0 Å². The van der Waals surface area contributed by atoms with Gasteiger partial charge in [0, 0.05) is 24.5 Å². The van der Waals surface area contributed by atoms with Gasteiger partial charge in [-0.2, -0.15) is 0 Å². The van der Waals surface area contributed by atoms with E-state index in [1.54, 1.807) is 25.3 Å². The number of hydrogen-bond donors (Lipinski definition) is 1. The fraction of sp³-hybridized carbons (Fsp3) is 0.306. The summed E-state index contributed by atoms with van der Waals surface area (Å²) in [5, 5.41) is 17.5. The number of carbonyl (C=O) groups excluding carboxylic acids is 2. The predicted molar refractivity (Wildman–Crippen MR) is 166 cm³/mol. The van der Waals surface area contributed by atoms with Crippen molar-refractivity contribution in [2.75, 3.05) is 14.2 Å². The van der Waals surface area contributed by atoms with Crippen molar-refractivity contribution in [1.82, 2.24) is 0 Å². The second kappa shape index (κ2) is 13.0. The van der Waals surface area contributed by atoms with Crippen LogP contribution in [0.4, 0.5) is 0 Å². The minimum Gasteiger partial charge on any atom is -0.497 e. The van der Waals surface area contributed by atoms with E-state index in [1.165, 1.54) is 28.7 Å². The molecule has 42 heavy (non-hydrogen) atoms. The van der Waals surface area contributed by atoms with Gasteiger partial charge >= 0.3 is 5.97 Å². The lowest BCUT2D eigenvalue weighted by Crippen LogP contribution is -2.22. The molecule has 6 nitrogen and oxygen atoms in total. The van der Waals surface area contributed by atoms with Gasteiger partial charge in [-0.25, -0.2) is 0 Å². The third-order valence-electron chi connectivity index (χ3n) is 8.67. The molecule has 5 aromatic rings. The van der Waals surface area contributed by atoms with Gasteiger partial charge < -0.3 is 24.2 Å². The number of unbranched alkanes of at least 4 members (excludes halogenated alkanes) is 2. The van der Waals surface area contributed by atoms with Crippen LogP contribution in [0.5, 0.6) is 11.5 Å². The predicted octanol–water partition coefficient (Wildman–Crippen LogP) is 7.91. The third-order valence-corrected chi connectivity index (χ3v) is 8.67. The van der Waals surface area contributed by atoms with Gasteiger partial charge in [0.2, 0.25) is 0 Å². The molecule has 6 heteroatoms. The SMILES string of the molecule is COc1ccc(C(CC(CC=O)C(CCCCC=O)c2ccc3ccc4cccc5ccc2c3c45)C(=O)O)c(OC)c1. The highest BCUT2D eigenvalue weighted by Crippen LogP contribution is 2.45. The van der Waals surface area contributed by atoms with Crippen LogP contribution >= 0.6 is 0 Å². The second-order valence-electron chi connectivity index (χ2n) is 11.0. The largest absolute Gasteiger partial charge is 0.497 e. The molecule has 3 unspecified atom stereocenters. The number of hydrogen-bond acceptors (Lipinski definition) is 5. The molecule has 0 saturated heterocycles. The first kappa shape index (κ1) is 29.1. The average Bonchev–Trinajstić information content (AvgIpc) is 3.02. The molecule has 0 fully saturated rings. The highest BCUT2D eigenvalue weighted by Gasteiger charge is 2.32. The summed E-state index contributed by atoms with van der Waals surface area (Å²) in [5.74, 6) is -1.16. The van der Waals surface area contributed by atoms with Crippen LogP contribution in [0, 0.1) is 5.92 Å². The van der Waals surface area contributed by atoms with Crippen molar-refractivity contribution in [3.8, 4) is 11.5 Å². The molecule has 5 rings (SSSR count). The molecule has 216 valence electrons. The summed E-state index contributed by atoms with van der Waals surface area (Å²) in [6.45, 7) is 0. The van der Waals surface area contributed by atoms with E-state index < -0.39 is 11.9 Å². The maximum Gasteiger partial charge on any atom is 0.311 e. The minimum atomic E-state index is -0.968. The van der Waals surface area contributed by atoms with E-state index in [4.69, 9.17) is 9.47 Å². The van der Waals surface area contributed by atoms with Gasteiger partial charge in [-0.1, -0.05) is 67.1 Å². The number of benzene rings is 5. The summed E-state index contributed by atoms with van der Waals surface area (Å²) >= 11 is 0. The van der Waals surface area contributed by atoms with Gasteiger partial charge in [0.05, 0.1) is 20.1 Å².